The zero-order valence-corrected chi connectivity index (χ0v) is 13.4. The van der Waals surface area contributed by atoms with Gasteiger partial charge in [-0.25, -0.2) is 13.1 Å². The molecule has 2 rings (SSSR count). The average Bonchev–Trinajstić information content (AvgIpc) is 2.77. The van der Waals surface area contributed by atoms with Gasteiger partial charge in [-0.15, -0.1) is 0 Å². The third-order valence-corrected chi connectivity index (χ3v) is 5.81. The summed E-state index contributed by atoms with van der Waals surface area (Å²) in [6.07, 6.45) is 3.04. The Labute approximate surface area is 126 Å². The number of halogens is 1. The first-order chi connectivity index (χ1) is 9.44. The molecule has 0 radical (unpaired) electrons. The number of rotatable bonds is 5. The highest BCUT2D eigenvalue weighted by atomic mass is 35.5. The van der Waals surface area contributed by atoms with Crippen LogP contribution in [0.3, 0.4) is 0 Å². The van der Waals surface area contributed by atoms with Gasteiger partial charge < -0.3 is 5.32 Å². The molecule has 112 valence electrons. The predicted molar refractivity (Wildman–Crippen MR) is 81.3 cm³/mol. The first-order valence-electron chi connectivity index (χ1n) is 6.89. The highest BCUT2D eigenvalue weighted by molar-refractivity contribution is 7.89. The molecule has 4 nitrogen and oxygen atoms in total. The van der Waals surface area contributed by atoms with Crippen molar-refractivity contribution in [3.63, 3.8) is 0 Å². The Morgan fingerprint density at radius 1 is 1.35 bits per heavy atom. The molecule has 0 heterocycles. The van der Waals surface area contributed by atoms with Crippen LogP contribution in [0, 0.1) is 5.92 Å². The van der Waals surface area contributed by atoms with Crippen LogP contribution in [0.15, 0.2) is 23.1 Å². The summed E-state index contributed by atoms with van der Waals surface area (Å²) >= 11 is 6.06. The predicted octanol–water partition coefficient (Wildman–Crippen LogP) is 2.53. The van der Waals surface area contributed by atoms with Crippen LogP contribution in [0.4, 0.5) is 0 Å². The lowest BCUT2D eigenvalue weighted by molar-refractivity contribution is 0.476. The van der Waals surface area contributed by atoms with Crippen LogP contribution in [0.2, 0.25) is 5.02 Å². The van der Waals surface area contributed by atoms with Crippen LogP contribution in [0.25, 0.3) is 0 Å². The van der Waals surface area contributed by atoms with Gasteiger partial charge in [0.1, 0.15) is 4.90 Å². The maximum Gasteiger partial charge on any atom is 0.242 e. The summed E-state index contributed by atoms with van der Waals surface area (Å²) in [6.45, 7) is 2.69. The number of hydrogen-bond donors (Lipinski definition) is 2. The zero-order valence-electron chi connectivity index (χ0n) is 11.8. The number of hydrogen-bond acceptors (Lipinski definition) is 3. The Kier molecular flexibility index (Phi) is 5.07. The summed E-state index contributed by atoms with van der Waals surface area (Å²) in [5, 5.41) is 3.27. The first kappa shape index (κ1) is 15.8. The molecule has 1 fully saturated rings. The van der Waals surface area contributed by atoms with Gasteiger partial charge in [-0.1, -0.05) is 31.0 Å². The van der Waals surface area contributed by atoms with E-state index in [-0.39, 0.29) is 16.0 Å². The summed E-state index contributed by atoms with van der Waals surface area (Å²) in [4.78, 5) is 0.172. The zero-order chi connectivity index (χ0) is 14.8. The van der Waals surface area contributed by atoms with Crippen molar-refractivity contribution in [3.05, 3.63) is 28.8 Å². The molecule has 1 aliphatic rings. The van der Waals surface area contributed by atoms with Gasteiger partial charge in [0.05, 0.1) is 5.02 Å². The van der Waals surface area contributed by atoms with Crippen molar-refractivity contribution in [3.8, 4) is 0 Å². The Balaban J connectivity index is 2.26. The van der Waals surface area contributed by atoms with E-state index in [9.17, 15) is 8.42 Å². The van der Waals surface area contributed by atoms with Crippen molar-refractivity contribution >= 4 is 21.6 Å². The molecule has 1 aromatic rings. The van der Waals surface area contributed by atoms with E-state index < -0.39 is 10.0 Å². The molecule has 0 bridgehead atoms. The third-order valence-electron chi connectivity index (χ3n) is 3.83. The molecular formula is C14H21ClN2O2S. The fourth-order valence-corrected chi connectivity index (χ4v) is 4.58. The maximum absolute atomic E-state index is 12.5. The summed E-state index contributed by atoms with van der Waals surface area (Å²) in [6, 6.07) is 5.13. The van der Waals surface area contributed by atoms with Crippen LogP contribution < -0.4 is 10.0 Å². The topological polar surface area (TPSA) is 58.2 Å². The summed E-state index contributed by atoms with van der Waals surface area (Å²) in [5.41, 5.74) is 0.900. The van der Waals surface area contributed by atoms with Gasteiger partial charge in [0.2, 0.25) is 10.0 Å². The summed E-state index contributed by atoms with van der Waals surface area (Å²) in [5.74, 6) is 0.379. The van der Waals surface area contributed by atoms with E-state index in [1.54, 1.807) is 12.1 Å². The lowest BCUT2D eigenvalue weighted by Gasteiger charge is -2.18. The second kappa shape index (κ2) is 6.43. The number of benzene rings is 1. The monoisotopic (exact) mass is 316 g/mol. The van der Waals surface area contributed by atoms with Gasteiger partial charge in [-0.2, -0.15) is 0 Å². The molecule has 1 aromatic carbocycles. The fraction of sp³-hybridized carbons (Fsp3) is 0.571. The van der Waals surface area contributed by atoms with Crippen molar-refractivity contribution in [2.24, 2.45) is 5.92 Å². The largest absolute Gasteiger partial charge is 0.316 e. The minimum absolute atomic E-state index is 0.0176. The molecule has 1 saturated carbocycles. The second-order valence-electron chi connectivity index (χ2n) is 5.43. The molecule has 0 spiro atoms. The van der Waals surface area contributed by atoms with Crippen molar-refractivity contribution in [1.82, 2.24) is 10.0 Å². The third kappa shape index (κ3) is 3.52. The van der Waals surface area contributed by atoms with E-state index in [0.29, 0.717) is 12.5 Å². The molecule has 6 heteroatoms. The van der Waals surface area contributed by atoms with E-state index in [1.807, 2.05) is 13.1 Å². The van der Waals surface area contributed by atoms with Crippen molar-refractivity contribution < 1.29 is 8.42 Å². The van der Waals surface area contributed by atoms with Gasteiger partial charge in [0.15, 0.2) is 0 Å². The van der Waals surface area contributed by atoms with Crippen LogP contribution in [0.5, 0.6) is 0 Å². The quantitative estimate of drug-likeness (QED) is 0.877. The molecule has 20 heavy (non-hydrogen) atoms. The standard InChI is InChI=1S/C14H21ClN2O2S/c1-10-4-3-5-13(10)17-20(18,19)14-8-11(9-16-2)6-7-12(14)15/h6-8,10,13,16-17H,3-5,9H2,1-2H3. The molecular weight excluding hydrogens is 296 g/mol. The van der Waals surface area contributed by atoms with Crippen LogP contribution in [-0.4, -0.2) is 21.5 Å². The highest BCUT2D eigenvalue weighted by Crippen LogP contribution is 2.28. The molecule has 2 unspecified atom stereocenters. The Bertz CT molecular complexity index is 575. The van der Waals surface area contributed by atoms with Crippen molar-refractivity contribution in [2.45, 2.75) is 43.7 Å². The van der Waals surface area contributed by atoms with E-state index in [4.69, 9.17) is 11.6 Å². The number of sulfonamides is 1. The van der Waals surface area contributed by atoms with Gasteiger partial charge in [0, 0.05) is 12.6 Å². The summed E-state index contributed by atoms with van der Waals surface area (Å²) in [7, 11) is -1.74. The highest BCUT2D eigenvalue weighted by Gasteiger charge is 2.29. The molecule has 1 aliphatic carbocycles. The van der Waals surface area contributed by atoms with E-state index in [2.05, 4.69) is 17.0 Å². The minimum atomic E-state index is -3.56. The molecule has 2 atom stereocenters. The van der Waals surface area contributed by atoms with Crippen LogP contribution >= 0.6 is 11.6 Å². The Morgan fingerprint density at radius 3 is 2.70 bits per heavy atom. The molecule has 0 aliphatic heterocycles. The van der Waals surface area contributed by atoms with E-state index in [0.717, 1.165) is 24.8 Å². The molecule has 0 amide bonds. The molecule has 0 saturated heterocycles. The van der Waals surface area contributed by atoms with Gasteiger partial charge in [-0.05, 0) is 43.5 Å². The van der Waals surface area contributed by atoms with Crippen molar-refractivity contribution in [1.29, 1.82) is 0 Å². The Morgan fingerprint density at radius 2 is 2.10 bits per heavy atom. The lowest BCUT2D eigenvalue weighted by Crippen LogP contribution is -2.36. The normalized spacial score (nSPS) is 23.1. The van der Waals surface area contributed by atoms with Gasteiger partial charge >= 0.3 is 0 Å². The second-order valence-corrected chi connectivity index (χ2v) is 7.52. The summed E-state index contributed by atoms with van der Waals surface area (Å²) < 4.78 is 27.8. The first-order valence-corrected chi connectivity index (χ1v) is 8.75. The Hall–Kier alpha value is -0.620. The molecule has 0 aromatic heterocycles. The lowest BCUT2D eigenvalue weighted by atomic mass is 10.1. The number of nitrogens with one attached hydrogen (secondary N) is 2. The van der Waals surface area contributed by atoms with Crippen LogP contribution in [-0.2, 0) is 16.6 Å². The van der Waals surface area contributed by atoms with E-state index in [1.165, 1.54) is 0 Å². The SMILES string of the molecule is CNCc1ccc(Cl)c(S(=O)(=O)NC2CCCC2C)c1. The average molecular weight is 317 g/mol. The van der Waals surface area contributed by atoms with Gasteiger partial charge in [-0.3, -0.25) is 0 Å². The van der Waals surface area contributed by atoms with Gasteiger partial charge in [0.25, 0.3) is 0 Å². The molecule has 2 N–H and O–H groups in total. The van der Waals surface area contributed by atoms with Crippen molar-refractivity contribution in [2.75, 3.05) is 7.05 Å². The van der Waals surface area contributed by atoms with E-state index >= 15 is 0 Å². The van der Waals surface area contributed by atoms with Crippen LogP contribution in [0.1, 0.15) is 31.7 Å². The maximum atomic E-state index is 12.5. The fourth-order valence-electron chi connectivity index (χ4n) is 2.65. The smallest absolute Gasteiger partial charge is 0.242 e. The minimum Gasteiger partial charge on any atom is -0.316 e.